The number of nitrogens with zero attached hydrogens (tertiary/aromatic N) is 1. The Bertz CT molecular complexity index is 475. The first kappa shape index (κ1) is 13.1. The Labute approximate surface area is 114 Å². The first-order chi connectivity index (χ1) is 8.63. The van der Waals surface area contributed by atoms with E-state index >= 15 is 0 Å². The summed E-state index contributed by atoms with van der Waals surface area (Å²) in [6.07, 6.45) is 0. The molecule has 0 bridgehead atoms. The molecule has 0 spiro atoms. The molecular weight excluding hydrogens is 242 g/mol. The van der Waals surface area contributed by atoms with Gasteiger partial charge < -0.3 is 0 Å². The van der Waals surface area contributed by atoms with Crippen molar-refractivity contribution in [2.75, 3.05) is 7.05 Å². The fourth-order valence-electron chi connectivity index (χ4n) is 2.13. The average molecular weight is 260 g/mol. The summed E-state index contributed by atoms with van der Waals surface area (Å²) in [5.41, 5.74) is 3.90. The van der Waals surface area contributed by atoms with Crippen molar-refractivity contribution in [3.05, 3.63) is 70.2 Å². The van der Waals surface area contributed by atoms with Crippen LogP contribution in [0.2, 0.25) is 5.02 Å². The van der Waals surface area contributed by atoms with Gasteiger partial charge in [0, 0.05) is 18.1 Å². The molecule has 0 aliphatic carbocycles. The van der Waals surface area contributed by atoms with Crippen LogP contribution in [0.5, 0.6) is 0 Å². The highest BCUT2D eigenvalue weighted by atomic mass is 35.5. The van der Waals surface area contributed by atoms with Crippen molar-refractivity contribution in [3.8, 4) is 0 Å². The van der Waals surface area contributed by atoms with E-state index in [4.69, 9.17) is 11.6 Å². The van der Waals surface area contributed by atoms with Gasteiger partial charge >= 0.3 is 0 Å². The van der Waals surface area contributed by atoms with Gasteiger partial charge in [-0.3, -0.25) is 4.90 Å². The Morgan fingerprint density at radius 1 is 0.944 bits per heavy atom. The molecule has 0 N–H and O–H groups in total. The highest BCUT2D eigenvalue weighted by molar-refractivity contribution is 6.30. The number of hydrogen-bond acceptors (Lipinski definition) is 1. The van der Waals surface area contributed by atoms with Crippen LogP contribution in [0.1, 0.15) is 16.7 Å². The molecule has 0 radical (unpaired) electrons. The lowest BCUT2D eigenvalue weighted by Crippen LogP contribution is -2.17. The van der Waals surface area contributed by atoms with Gasteiger partial charge in [-0.15, -0.1) is 0 Å². The van der Waals surface area contributed by atoms with E-state index in [1.54, 1.807) is 0 Å². The third-order valence-corrected chi connectivity index (χ3v) is 3.11. The summed E-state index contributed by atoms with van der Waals surface area (Å²) in [5.74, 6) is 0. The maximum Gasteiger partial charge on any atom is 0.0409 e. The second-order valence-electron chi connectivity index (χ2n) is 4.79. The Morgan fingerprint density at radius 3 is 2.17 bits per heavy atom. The maximum atomic E-state index is 5.99. The van der Waals surface area contributed by atoms with Gasteiger partial charge in [0.05, 0.1) is 0 Å². The average Bonchev–Trinajstić information content (AvgIpc) is 2.28. The summed E-state index contributed by atoms with van der Waals surface area (Å²) >= 11 is 5.99. The standard InChI is InChI=1S/C16H18ClN/c1-13-5-3-6-14(9-13)11-18(2)12-15-7-4-8-16(17)10-15/h3-10H,11-12H2,1-2H3. The number of benzene rings is 2. The van der Waals surface area contributed by atoms with E-state index in [1.165, 1.54) is 16.7 Å². The molecule has 0 unspecified atom stereocenters. The van der Waals surface area contributed by atoms with Gasteiger partial charge in [-0.2, -0.15) is 0 Å². The molecule has 0 fully saturated rings. The molecule has 0 aromatic heterocycles. The summed E-state index contributed by atoms with van der Waals surface area (Å²) < 4.78 is 0. The molecule has 0 aliphatic rings. The minimum absolute atomic E-state index is 0.802. The van der Waals surface area contributed by atoms with Gasteiger partial charge in [0.1, 0.15) is 0 Å². The molecule has 1 nitrogen and oxygen atoms in total. The number of aryl methyl sites for hydroxylation is 1. The summed E-state index contributed by atoms with van der Waals surface area (Å²) in [6, 6.07) is 16.7. The van der Waals surface area contributed by atoms with Crippen molar-refractivity contribution in [2.45, 2.75) is 20.0 Å². The van der Waals surface area contributed by atoms with Gasteiger partial charge in [0.2, 0.25) is 0 Å². The quantitative estimate of drug-likeness (QED) is 0.792. The molecule has 2 heteroatoms. The monoisotopic (exact) mass is 259 g/mol. The van der Waals surface area contributed by atoms with E-state index in [9.17, 15) is 0 Å². The fraction of sp³-hybridized carbons (Fsp3) is 0.250. The van der Waals surface area contributed by atoms with Crippen molar-refractivity contribution < 1.29 is 0 Å². The van der Waals surface area contributed by atoms with Crippen molar-refractivity contribution >= 4 is 11.6 Å². The first-order valence-corrected chi connectivity index (χ1v) is 6.50. The van der Waals surface area contributed by atoms with Crippen LogP contribution in [0.3, 0.4) is 0 Å². The normalized spacial score (nSPS) is 10.9. The predicted molar refractivity (Wildman–Crippen MR) is 77.8 cm³/mol. The van der Waals surface area contributed by atoms with Crippen LogP contribution in [0.25, 0.3) is 0 Å². The number of halogens is 1. The largest absolute Gasteiger partial charge is 0.298 e. The van der Waals surface area contributed by atoms with E-state index in [1.807, 2.05) is 18.2 Å². The molecule has 0 amide bonds. The SMILES string of the molecule is Cc1cccc(CN(C)Cc2cccc(Cl)c2)c1. The van der Waals surface area contributed by atoms with Gasteiger partial charge in [-0.1, -0.05) is 53.6 Å². The van der Waals surface area contributed by atoms with Crippen LogP contribution in [0.15, 0.2) is 48.5 Å². The van der Waals surface area contributed by atoms with Crippen molar-refractivity contribution in [1.29, 1.82) is 0 Å². The zero-order valence-corrected chi connectivity index (χ0v) is 11.6. The van der Waals surface area contributed by atoms with Crippen LogP contribution in [0, 0.1) is 6.92 Å². The molecule has 0 saturated heterocycles. The molecule has 94 valence electrons. The molecule has 0 saturated carbocycles. The van der Waals surface area contributed by atoms with Gasteiger partial charge in [-0.05, 0) is 37.2 Å². The minimum atomic E-state index is 0.802. The molecule has 2 aromatic rings. The molecule has 2 aromatic carbocycles. The molecular formula is C16H18ClN. The van der Waals surface area contributed by atoms with Crippen LogP contribution in [-0.4, -0.2) is 11.9 Å². The lowest BCUT2D eigenvalue weighted by molar-refractivity contribution is 0.319. The van der Waals surface area contributed by atoms with Crippen LogP contribution >= 0.6 is 11.6 Å². The van der Waals surface area contributed by atoms with E-state index < -0.39 is 0 Å². The topological polar surface area (TPSA) is 3.24 Å². The number of rotatable bonds is 4. The molecule has 18 heavy (non-hydrogen) atoms. The predicted octanol–water partition coefficient (Wildman–Crippen LogP) is 4.28. The molecule has 2 rings (SSSR count). The summed E-state index contributed by atoms with van der Waals surface area (Å²) in [4.78, 5) is 2.29. The third kappa shape index (κ3) is 3.86. The van der Waals surface area contributed by atoms with E-state index in [0.29, 0.717) is 0 Å². The maximum absolute atomic E-state index is 5.99. The van der Waals surface area contributed by atoms with E-state index in [0.717, 1.165) is 18.1 Å². The lowest BCUT2D eigenvalue weighted by atomic mass is 10.1. The number of hydrogen-bond donors (Lipinski definition) is 0. The van der Waals surface area contributed by atoms with Crippen LogP contribution < -0.4 is 0 Å². The summed E-state index contributed by atoms with van der Waals surface area (Å²) in [6.45, 7) is 3.99. The third-order valence-electron chi connectivity index (χ3n) is 2.88. The Morgan fingerprint density at radius 2 is 1.56 bits per heavy atom. The fourth-order valence-corrected chi connectivity index (χ4v) is 2.34. The Hall–Kier alpha value is -1.31. The first-order valence-electron chi connectivity index (χ1n) is 6.12. The second-order valence-corrected chi connectivity index (χ2v) is 5.23. The minimum Gasteiger partial charge on any atom is -0.298 e. The second kappa shape index (κ2) is 6.03. The van der Waals surface area contributed by atoms with Gasteiger partial charge in [-0.25, -0.2) is 0 Å². The van der Waals surface area contributed by atoms with Gasteiger partial charge in [0.15, 0.2) is 0 Å². The van der Waals surface area contributed by atoms with Crippen molar-refractivity contribution in [1.82, 2.24) is 4.90 Å². The van der Waals surface area contributed by atoms with E-state index in [-0.39, 0.29) is 0 Å². The smallest absolute Gasteiger partial charge is 0.0409 e. The molecule has 0 atom stereocenters. The van der Waals surface area contributed by atoms with Crippen LogP contribution in [0.4, 0.5) is 0 Å². The highest BCUT2D eigenvalue weighted by Crippen LogP contribution is 2.14. The zero-order chi connectivity index (χ0) is 13.0. The van der Waals surface area contributed by atoms with Crippen LogP contribution in [-0.2, 0) is 13.1 Å². The van der Waals surface area contributed by atoms with Crippen molar-refractivity contribution in [2.24, 2.45) is 0 Å². The summed E-state index contributed by atoms with van der Waals surface area (Å²) in [5, 5.41) is 0.802. The summed E-state index contributed by atoms with van der Waals surface area (Å²) in [7, 11) is 2.13. The van der Waals surface area contributed by atoms with Gasteiger partial charge in [0.25, 0.3) is 0 Å². The van der Waals surface area contributed by atoms with Crippen molar-refractivity contribution in [3.63, 3.8) is 0 Å². The van der Waals surface area contributed by atoms with E-state index in [2.05, 4.69) is 49.2 Å². The molecule has 0 aliphatic heterocycles. The highest BCUT2D eigenvalue weighted by Gasteiger charge is 2.02. The Kier molecular flexibility index (Phi) is 4.40. The molecule has 0 heterocycles. The zero-order valence-electron chi connectivity index (χ0n) is 10.9. The Balaban J connectivity index is 1.98. The lowest BCUT2D eigenvalue weighted by Gasteiger charge is -2.17.